The molecule has 1 aromatic heterocycles. The minimum Gasteiger partial charge on any atom is -0.384 e. The normalized spacial score (nSPS) is 10.7. The lowest BCUT2D eigenvalue weighted by molar-refractivity contribution is 0.626. The second-order valence-corrected chi connectivity index (χ2v) is 5.57. The number of nitrogens with zero attached hydrogens (tertiary/aromatic N) is 1. The van der Waals surface area contributed by atoms with E-state index in [0.717, 1.165) is 15.8 Å². The van der Waals surface area contributed by atoms with E-state index < -0.39 is 0 Å². The average Bonchev–Trinajstić information content (AvgIpc) is 2.48. The SMILES string of the molecule is N=C(N)c1cc2ccccc2nc1Sc1ccc(F)cc1. The van der Waals surface area contributed by atoms with Crippen LogP contribution >= 0.6 is 11.8 Å². The Labute approximate surface area is 125 Å². The molecule has 3 rings (SSSR count). The van der Waals surface area contributed by atoms with E-state index >= 15 is 0 Å². The van der Waals surface area contributed by atoms with Gasteiger partial charge in [0.2, 0.25) is 0 Å². The summed E-state index contributed by atoms with van der Waals surface area (Å²) in [6, 6.07) is 15.7. The van der Waals surface area contributed by atoms with Gasteiger partial charge in [-0.15, -0.1) is 0 Å². The van der Waals surface area contributed by atoms with Crippen LogP contribution in [0.3, 0.4) is 0 Å². The minimum atomic E-state index is -0.280. The summed E-state index contributed by atoms with van der Waals surface area (Å²) >= 11 is 1.37. The Hall–Kier alpha value is -2.40. The molecule has 1 heterocycles. The first-order chi connectivity index (χ1) is 10.1. The highest BCUT2D eigenvalue weighted by Crippen LogP contribution is 2.30. The average molecular weight is 297 g/mol. The van der Waals surface area contributed by atoms with Gasteiger partial charge in [-0.1, -0.05) is 30.0 Å². The van der Waals surface area contributed by atoms with E-state index in [9.17, 15) is 4.39 Å². The first-order valence-corrected chi connectivity index (χ1v) is 7.13. The van der Waals surface area contributed by atoms with E-state index in [1.807, 2.05) is 30.3 Å². The van der Waals surface area contributed by atoms with Gasteiger partial charge < -0.3 is 5.73 Å². The lowest BCUT2D eigenvalue weighted by atomic mass is 10.1. The summed E-state index contributed by atoms with van der Waals surface area (Å²) in [6.07, 6.45) is 0. The Kier molecular flexibility index (Phi) is 3.58. The Morgan fingerprint density at radius 1 is 1.10 bits per heavy atom. The van der Waals surface area contributed by atoms with Gasteiger partial charge in [-0.2, -0.15) is 0 Å². The highest BCUT2D eigenvalue weighted by Gasteiger charge is 2.11. The molecule has 0 aliphatic heterocycles. The molecule has 3 nitrogen and oxygen atoms in total. The number of pyridine rings is 1. The van der Waals surface area contributed by atoms with Crippen molar-refractivity contribution in [2.75, 3.05) is 0 Å². The summed E-state index contributed by atoms with van der Waals surface area (Å²) in [7, 11) is 0. The van der Waals surface area contributed by atoms with E-state index in [1.54, 1.807) is 12.1 Å². The number of aromatic nitrogens is 1. The van der Waals surface area contributed by atoms with Crippen LogP contribution in [0.4, 0.5) is 4.39 Å². The summed E-state index contributed by atoms with van der Waals surface area (Å²) in [4.78, 5) is 5.41. The predicted octanol–water partition coefficient (Wildman–Crippen LogP) is 3.81. The lowest BCUT2D eigenvalue weighted by Crippen LogP contribution is -2.13. The van der Waals surface area contributed by atoms with Crippen LogP contribution in [-0.4, -0.2) is 10.8 Å². The summed E-state index contributed by atoms with van der Waals surface area (Å²) in [5.41, 5.74) is 7.08. The van der Waals surface area contributed by atoms with Crippen molar-refractivity contribution in [3.05, 3.63) is 66.0 Å². The van der Waals surface area contributed by atoms with Gasteiger partial charge in [0.25, 0.3) is 0 Å². The molecular formula is C16H12FN3S. The maximum absolute atomic E-state index is 13.0. The fourth-order valence-electron chi connectivity index (χ4n) is 1.98. The molecule has 0 bridgehead atoms. The number of fused-ring (bicyclic) bond motifs is 1. The zero-order chi connectivity index (χ0) is 14.8. The van der Waals surface area contributed by atoms with Gasteiger partial charge in [-0.3, -0.25) is 5.41 Å². The standard InChI is InChI=1S/C16H12FN3S/c17-11-5-7-12(8-6-11)21-16-13(15(18)19)9-10-3-1-2-4-14(10)20-16/h1-9H,(H3,18,19). The third-order valence-corrected chi connectivity index (χ3v) is 4.02. The summed E-state index contributed by atoms with van der Waals surface area (Å²) in [6.45, 7) is 0. The second-order valence-electron chi connectivity index (χ2n) is 4.50. The molecule has 0 saturated heterocycles. The van der Waals surface area contributed by atoms with Crippen LogP contribution < -0.4 is 5.73 Å². The van der Waals surface area contributed by atoms with Crippen molar-refractivity contribution < 1.29 is 4.39 Å². The fraction of sp³-hybridized carbons (Fsp3) is 0. The summed E-state index contributed by atoms with van der Waals surface area (Å²) < 4.78 is 13.0. The van der Waals surface area contributed by atoms with Crippen molar-refractivity contribution in [3.8, 4) is 0 Å². The highest BCUT2D eigenvalue weighted by molar-refractivity contribution is 7.99. The van der Waals surface area contributed by atoms with Crippen molar-refractivity contribution in [1.82, 2.24) is 4.98 Å². The molecule has 104 valence electrons. The van der Waals surface area contributed by atoms with E-state index in [2.05, 4.69) is 4.98 Å². The Bertz CT molecular complexity index is 815. The van der Waals surface area contributed by atoms with Gasteiger partial charge >= 0.3 is 0 Å². The molecule has 0 spiro atoms. The van der Waals surface area contributed by atoms with Crippen molar-refractivity contribution in [3.63, 3.8) is 0 Å². The molecule has 21 heavy (non-hydrogen) atoms. The maximum Gasteiger partial charge on any atom is 0.125 e. The van der Waals surface area contributed by atoms with Gasteiger partial charge in [0.15, 0.2) is 0 Å². The zero-order valence-electron chi connectivity index (χ0n) is 11.0. The number of benzene rings is 2. The van der Waals surface area contributed by atoms with E-state index in [4.69, 9.17) is 11.1 Å². The first kappa shape index (κ1) is 13.6. The Morgan fingerprint density at radius 3 is 2.52 bits per heavy atom. The van der Waals surface area contributed by atoms with Crippen molar-refractivity contribution >= 4 is 28.5 Å². The van der Waals surface area contributed by atoms with Gasteiger partial charge in [0.05, 0.1) is 5.52 Å². The molecule has 0 saturated carbocycles. The number of halogens is 1. The molecule has 0 unspecified atom stereocenters. The molecular weight excluding hydrogens is 285 g/mol. The van der Waals surface area contributed by atoms with Crippen molar-refractivity contribution in [1.29, 1.82) is 5.41 Å². The number of hydrogen-bond donors (Lipinski definition) is 2. The van der Waals surface area contributed by atoms with Gasteiger partial charge in [-0.25, -0.2) is 9.37 Å². The van der Waals surface area contributed by atoms with E-state index in [1.165, 1.54) is 23.9 Å². The number of amidine groups is 1. The van der Waals surface area contributed by atoms with Gasteiger partial charge in [0.1, 0.15) is 16.7 Å². The minimum absolute atomic E-state index is 0.0298. The van der Waals surface area contributed by atoms with Crippen molar-refractivity contribution in [2.45, 2.75) is 9.92 Å². The quantitative estimate of drug-likeness (QED) is 0.571. The number of rotatable bonds is 3. The number of nitrogens with two attached hydrogens (primary N) is 1. The topological polar surface area (TPSA) is 62.8 Å². The van der Waals surface area contributed by atoms with E-state index in [0.29, 0.717) is 10.6 Å². The first-order valence-electron chi connectivity index (χ1n) is 6.31. The van der Waals surface area contributed by atoms with Crippen LogP contribution in [0, 0.1) is 11.2 Å². The largest absolute Gasteiger partial charge is 0.384 e. The predicted molar refractivity (Wildman–Crippen MR) is 83.3 cm³/mol. The molecule has 2 aromatic carbocycles. The molecule has 0 atom stereocenters. The third-order valence-electron chi connectivity index (χ3n) is 3.01. The molecule has 3 N–H and O–H groups in total. The summed E-state index contributed by atoms with van der Waals surface area (Å²) in [5, 5.41) is 9.30. The van der Waals surface area contributed by atoms with Crippen LogP contribution in [0.2, 0.25) is 0 Å². The van der Waals surface area contributed by atoms with Crippen LogP contribution in [-0.2, 0) is 0 Å². The van der Waals surface area contributed by atoms with Crippen LogP contribution in [0.25, 0.3) is 10.9 Å². The van der Waals surface area contributed by atoms with Gasteiger partial charge in [0, 0.05) is 15.8 Å². The third kappa shape index (κ3) is 2.87. The molecule has 3 aromatic rings. The number of nitrogen functional groups attached to an aromatic ring is 1. The smallest absolute Gasteiger partial charge is 0.125 e. The van der Waals surface area contributed by atoms with Gasteiger partial charge in [-0.05, 0) is 36.4 Å². The molecule has 0 fully saturated rings. The molecule has 0 radical (unpaired) electrons. The van der Waals surface area contributed by atoms with Crippen molar-refractivity contribution in [2.24, 2.45) is 5.73 Å². The maximum atomic E-state index is 13.0. The summed E-state index contributed by atoms with van der Waals surface area (Å²) in [5.74, 6) is -0.310. The molecule has 5 heteroatoms. The number of hydrogen-bond acceptors (Lipinski definition) is 3. The fourth-order valence-corrected chi connectivity index (χ4v) is 2.90. The lowest BCUT2D eigenvalue weighted by Gasteiger charge is -2.09. The molecule has 0 aliphatic carbocycles. The monoisotopic (exact) mass is 297 g/mol. The highest BCUT2D eigenvalue weighted by atomic mass is 32.2. The second kappa shape index (κ2) is 5.54. The molecule has 0 amide bonds. The Balaban J connectivity index is 2.09. The van der Waals surface area contributed by atoms with E-state index in [-0.39, 0.29) is 11.7 Å². The van der Waals surface area contributed by atoms with Crippen LogP contribution in [0.15, 0.2) is 64.5 Å². The molecule has 0 aliphatic rings. The Morgan fingerprint density at radius 2 is 1.81 bits per heavy atom. The number of para-hydroxylation sites is 1. The zero-order valence-corrected chi connectivity index (χ0v) is 11.8. The van der Waals surface area contributed by atoms with Crippen LogP contribution in [0.5, 0.6) is 0 Å². The van der Waals surface area contributed by atoms with Crippen LogP contribution in [0.1, 0.15) is 5.56 Å². The number of nitrogens with one attached hydrogen (secondary N) is 1.